The van der Waals surface area contributed by atoms with Crippen molar-refractivity contribution in [2.24, 2.45) is 0 Å². The van der Waals surface area contributed by atoms with Crippen LogP contribution in [0.2, 0.25) is 4.47 Å². The standard InChI is InChI=1S/C28H24ClN3O7S2/c1-39-27(36)22(31-41(37,38)18-10-11-21-24(15-18)40-28(29)30-21)14-17-9-8-16(13-23(17)33)5-4-12-32-25(34)19-6-2-3-7-20(19)26(32)35/h2-3,6-11,13,15,22,31,33H,4-5,12,14H2,1H3/t22-/m1/s1. The van der Waals surface area contributed by atoms with E-state index in [9.17, 15) is 27.9 Å². The van der Waals surface area contributed by atoms with Gasteiger partial charge in [-0.3, -0.25) is 19.3 Å². The Morgan fingerprint density at radius 2 is 1.80 bits per heavy atom. The number of methoxy groups -OCH3 is 1. The van der Waals surface area contributed by atoms with E-state index in [1.807, 2.05) is 0 Å². The third-order valence-electron chi connectivity index (χ3n) is 6.73. The van der Waals surface area contributed by atoms with Crippen molar-refractivity contribution < 1.29 is 32.6 Å². The molecule has 13 heteroatoms. The number of ether oxygens (including phenoxy) is 1. The lowest BCUT2D eigenvalue weighted by molar-refractivity contribution is -0.142. The third-order valence-corrected chi connectivity index (χ3v) is 9.32. The summed E-state index contributed by atoms with van der Waals surface area (Å²) < 4.78 is 34.2. The van der Waals surface area contributed by atoms with E-state index >= 15 is 0 Å². The molecule has 4 aromatic rings. The van der Waals surface area contributed by atoms with Crippen LogP contribution in [0.25, 0.3) is 10.2 Å². The molecule has 0 unspecified atom stereocenters. The van der Waals surface area contributed by atoms with Crippen LogP contribution >= 0.6 is 22.9 Å². The van der Waals surface area contributed by atoms with Crippen molar-refractivity contribution in [3.63, 3.8) is 0 Å². The van der Waals surface area contributed by atoms with Crippen molar-refractivity contribution in [1.82, 2.24) is 14.6 Å². The van der Waals surface area contributed by atoms with Gasteiger partial charge in [0, 0.05) is 13.0 Å². The van der Waals surface area contributed by atoms with Crippen molar-refractivity contribution >= 4 is 61.0 Å². The van der Waals surface area contributed by atoms with E-state index in [-0.39, 0.29) is 39.9 Å². The molecule has 0 saturated carbocycles. The molecule has 1 aromatic heterocycles. The summed E-state index contributed by atoms with van der Waals surface area (Å²) in [6, 6.07) is 14.5. The maximum absolute atomic E-state index is 13.1. The highest BCUT2D eigenvalue weighted by Gasteiger charge is 2.34. The van der Waals surface area contributed by atoms with Crippen LogP contribution in [0.3, 0.4) is 0 Å². The van der Waals surface area contributed by atoms with Crippen molar-refractivity contribution in [2.75, 3.05) is 13.7 Å². The molecule has 0 fully saturated rings. The van der Waals surface area contributed by atoms with E-state index in [2.05, 4.69) is 9.71 Å². The Hall–Kier alpha value is -3.84. The molecule has 0 aliphatic carbocycles. The lowest BCUT2D eigenvalue weighted by Gasteiger charge is -2.18. The molecule has 2 N–H and O–H groups in total. The van der Waals surface area contributed by atoms with Crippen LogP contribution in [0.1, 0.15) is 38.3 Å². The van der Waals surface area contributed by atoms with Crippen LogP contribution in [-0.4, -0.2) is 60.9 Å². The van der Waals surface area contributed by atoms with E-state index in [1.165, 1.54) is 29.2 Å². The van der Waals surface area contributed by atoms with E-state index in [4.69, 9.17) is 16.3 Å². The van der Waals surface area contributed by atoms with E-state index in [0.717, 1.165) is 24.0 Å². The molecule has 41 heavy (non-hydrogen) atoms. The Kier molecular flexibility index (Phi) is 8.09. The maximum Gasteiger partial charge on any atom is 0.324 e. The van der Waals surface area contributed by atoms with Gasteiger partial charge >= 0.3 is 5.97 Å². The number of phenols is 1. The fraction of sp³-hybridized carbons (Fsp3) is 0.214. The number of amides is 2. The van der Waals surface area contributed by atoms with Gasteiger partial charge in [0.05, 0.1) is 33.3 Å². The average molecular weight is 614 g/mol. The first kappa shape index (κ1) is 28.7. The van der Waals surface area contributed by atoms with Gasteiger partial charge in [-0.15, -0.1) is 11.3 Å². The van der Waals surface area contributed by atoms with Crippen LogP contribution in [0.15, 0.2) is 65.6 Å². The number of aromatic nitrogens is 1. The molecule has 1 aliphatic rings. The summed E-state index contributed by atoms with van der Waals surface area (Å²) in [6.07, 6.45) is 0.782. The SMILES string of the molecule is COC(=O)[C@@H](Cc1ccc(CCCN2C(=O)c3ccccc3C2=O)cc1O)NS(=O)(=O)c1ccc2nc(Cl)sc2c1. The molecule has 1 aliphatic heterocycles. The molecule has 0 radical (unpaired) electrons. The number of hydrogen-bond donors (Lipinski definition) is 2. The minimum Gasteiger partial charge on any atom is -0.508 e. The fourth-order valence-corrected chi connectivity index (χ4v) is 7.01. The number of carbonyl (C=O) groups excluding carboxylic acids is 3. The van der Waals surface area contributed by atoms with Gasteiger partial charge in [0.25, 0.3) is 11.8 Å². The van der Waals surface area contributed by atoms with E-state index in [0.29, 0.717) is 39.7 Å². The molecular formula is C28H24ClN3O7S2. The minimum absolute atomic E-state index is 0.0724. The molecule has 0 bridgehead atoms. The Bertz CT molecular complexity index is 1750. The Labute approximate surface area is 244 Å². The zero-order chi connectivity index (χ0) is 29.3. The average Bonchev–Trinajstić information content (AvgIpc) is 3.44. The number of benzene rings is 3. The highest BCUT2D eigenvalue weighted by molar-refractivity contribution is 7.89. The molecule has 5 rings (SSSR count). The lowest BCUT2D eigenvalue weighted by Crippen LogP contribution is -2.43. The van der Waals surface area contributed by atoms with Gasteiger partial charge in [-0.2, -0.15) is 4.72 Å². The number of rotatable bonds is 10. The van der Waals surface area contributed by atoms with Crippen LogP contribution in [-0.2, 0) is 32.4 Å². The Morgan fingerprint density at radius 1 is 1.10 bits per heavy atom. The first-order valence-electron chi connectivity index (χ1n) is 12.5. The highest BCUT2D eigenvalue weighted by atomic mass is 35.5. The zero-order valence-electron chi connectivity index (χ0n) is 21.7. The number of nitrogens with zero attached hydrogens (tertiary/aromatic N) is 2. The molecule has 1 atom stereocenters. The largest absolute Gasteiger partial charge is 0.508 e. The molecule has 3 aromatic carbocycles. The number of esters is 1. The van der Waals surface area contributed by atoms with E-state index in [1.54, 1.807) is 36.4 Å². The second kappa shape index (κ2) is 11.6. The smallest absolute Gasteiger partial charge is 0.324 e. The number of sulfonamides is 1. The summed E-state index contributed by atoms with van der Waals surface area (Å²) in [7, 11) is -3.00. The molecule has 0 saturated heterocycles. The first-order chi connectivity index (χ1) is 19.6. The molecular weight excluding hydrogens is 590 g/mol. The predicted molar refractivity (Wildman–Crippen MR) is 153 cm³/mol. The number of halogens is 1. The number of phenolic OH excluding ortho intramolecular Hbond substituents is 1. The molecule has 212 valence electrons. The van der Waals surface area contributed by atoms with Gasteiger partial charge in [0.15, 0.2) is 4.47 Å². The minimum atomic E-state index is -4.14. The second-order valence-electron chi connectivity index (χ2n) is 9.37. The highest BCUT2D eigenvalue weighted by Crippen LogP contribution is 2.29. The van der Waals surface area contributed by atoms with Gasteiger partial charge in [-0.1, -0.05) is 35.9 Å². The lowest BCUT2D eigenvalue weighted by atomic mass is 10.0. The number of fused-ring (bicyclic) bond motifs is 2. The summed E-state index contributed by atoms with van der Waals surface area (Å²) in [5.74, 6) is -1.59. The topological polar surface area (TPSA) is 143 Å². The first-order valence-corrected chi connectivity index (χ1v) is 15.2. The molecule has 2 heterocycles. The summed E-state index contributed by atoms with van der Waals surface area (Å²) in [5.41, 5.74) is 2.41. The number of nitrogens with one attached hydrogen (secondary N) is 1. The van der Waals surface area contributed by atoms with Crippen LogP contribution in [0.5, 0.6) is 5.75 Å². The van der Waals surface area contributed by atoms with Gasteiger partial charge in [-0.25, -0.2) is 13.4 Å². The number of imide groups is 1. The number of carbonyl (C=O) groups is 3. The molecule has 10 nitrogen and oxygen atoms in total. The second-order valence-corrected chi connectivity index (χ2v) is 12.7. The van der Waals surface area contributed by atoms with Gasteiger partial charge in [0.1, 0.15) is 11.8 Å². The van der Waals surface area contributed by atoms with Crippen molar-refractivity contribution in [2.45, 2.75) is 30.2 Å². The van der Waals surface area contributed by atoms with Gasteiger partial charge in [-0.05, 0) is 60.4 Å². The quantitative estimate of drug-likeness (QED) is 0.202. The number of thiazole rings is 1. The maximum atomic E-state index is 13.1. The predicted octanol–water partition coefficient (Wildman–Crippen LogP) is 3.95. The van der Waals surface area contributed by atoms with Gasteiger partial charge < -0.3 is 9.84 Å². The van der Waals surface area contributed by atoms with Gasteiger partial charge in [0.2, 0.25) is 10.0 Å². The van der Waals surface area contributed by atoms with Crippen LogP contribution in [0, 0.1) is 0 Å². The van der Waals surface area contributed by atoms with E-state index < -0.39 is 22.0 Å². The summed E-state index contributed by atoms with van der Waals surface area (Å²) in [4.78, 5) is 42.8. The van der Waals surface area contributed by atoms with Crippen LogP contribution < -0.4 is 4.72 Å². The summed E-state index contributed by atoms with van der Waals surface area (Å²) >= 11 is 7.06. The Morgan fingerprint density at radius 3 is 2.46 bits per heavy atom. The van der Waals surface area contributed by atoms with Crippen LogP contribution in [0.4, 0.5) is 0 Å². The van der Waals surface area contributed by atoms with Crippen molar-refractivity contribution in [3.05, 3.63) is 87.4 Å². The van der Waals surface area contributed by atoms with Crippen molar-refractivity contribution in [1.29, 1.82) is 0 Å². The fourth-order valence-electron chi connectivity index (χ4n) is 4.66. The molecule has 2 amide bonds. The zero-order valence-corrected chi connectivity index (χ0v) is 24.1. The molecule has 0 spiro atoms. The normalized spacial score (nSPS) is 14.0. The summed E-state index contributed by atoms with van der Waals surface area (Å²) in [5, 5.41) is 10.7. The monoisotopic (exact) mass is 613 g/mol. The number of hydrogen-bond acceptors (Lipinski definition) is 9. The number of aryl methyl sites for hydroxylation is 1. The number of aromatic hydroxyl groups is 1. The van der Waals surface area contributed by atoms with Crippen molar-refractivity contribution in [3.8, 4) is 5.75 Å². The Balaban J connectivity index is 1.24. The third kappa shape index (κ3) is 5.96. The summed E-state index contributed by atoms with van der Waals surface area (Å²) in [6.45, 7) is 0.223.